The largest absolute Gasteiger partial charge is 0.481 e. The summed E-state index contributed by atoms with van der Waals surface area (Å²) in [6.07, 6.45) is 1.41. The summed E-state index contributed by atoms with van der Waals surface area (Å²) in [5, 5.41) is 47.4. The van der Waals surface area contributed by atoms with Crippen LogP contribution in [0.25, 0.3) is 16.6 Å². The number of urea groups is 3. The third-order valence-corrected chi connectivity index (χ3v) is 23.4. The molecule has 0 aliphatic carbocycles. The van der Waals surface area contributed by atoms with Crippen LogP contribution in [0, 0.1) is 5.92 Å². The smallest absolute Gasteiger partial charge is 0.355 e. The predicted octanol–water partition coefficient (Wildman–Crippen LogP) is 3.52. The van der Waals surface area contributed by atoms with Crippen molar-refractivity contribution in [1.29, 1.82) is 0 Å². The first-order valence-electron chi connectivity index (χ1n) is 41.6. The number of nitrogens with zero attached hydrogens (tertiary/aromatic N) is 9. The van der Waals surface area contributed by atoms with Crippen LogP contribution in [0.5, 0.6) is 0 Å². The second-order valence-corrected chi connectivity index (χ2v) is 33.7. The molecule has 6 atom stereocenters. The maximum Gasteiger partial charge on any atom is 0.355 e. The summed E-state index contributed by atoms with van der Waals surface area (Å²) >= 11 is 0. The minimum absolute atomic E-state index is 0.0721. The molecule has 1 aromatic heterocycles. The second-order valence-electron chi connectivity index (χ2n) is 32.0. The normalized spacial score (nSPS) is 16.9. The number of carbonyl (C=O) groups is 11. The highest BCUT2D eigenvalue weighted by Gasteiger charge is 2.55. The number of esters is 2. The number of amides is 11. The SMILES string of the molecule is CCCNC(=O)Nc1cccc(S(=O)(=O)Nc2cccc(C(CC(=O)O)NC(=O)Nc3ccc(NC(=O)NCCN(C)CCN(C)CCN(C)CC(=O)NCCN(C)CCN(C)CCN(C)CC(=O)NC(CC(N)=O)C(=O)N4CCCC4C(=O)NC(C(=O)OC4(CC)C(=O)OCC5=C4C=C4c6nc7ccccc7c(CC)c6CN4C5O)C(C)C)cc3)c2)c1. The molecule has 4 aromatic carbocycles. The molecule has 4 aliphatic heterocycles. The third kappa shape index (κ3) is 26.6. The van der Waals surface area contributed by atoms with E-state index in [1.165, 1.54) is 41.3 Å². The Morgan fingerprint density at radius 3 is 1.85 bits per heavy atom. The minimum Gasteiger partial charge on any atom is -0.481 e. The third-order valence-electron chi connectivity index (χ3n) is 22.0. The van der Waals surface area contributed by atoms with Crippen molar-refractivity contribution in [2.75, 3.05) is 174 Å². The Labute approximate surface area is 718 Å². The molecule has 37 nitrogen and oxygen atoms in total. The summed E-state index contributed by atoms with van der Waals surface area (Å²) in [4.78, 5) is 167. The van der Waals surface area contributed by atoms with Crippen molar-refractivity contribution in [3.8, 4) is 0 Å². The predicted molar refractivity (Wildman–Crippen MR) is 465 cm³/mol. The number of aliphatic carboxylic acids is 1. The van der Waals surface area contributed by atoms with Crippen LogP contribution in [0.4, 0.5) is 37.1 Å². The molecule has 6 unspecified atom stereocenters. The first-order valence-corrected chi connectivity index (χ1v) is 43.1. The van der Waals surface area contributed by atoms with E-state index in [2.05, 4.69) is 79.1 Å². The molecule has 9 rings (SSSR count). The van der Waals surface area contributed by atoms with Crippen molar-refractivity contribution in [2.45, 2.75) is 127 Å². The highest BCUT2D eigenvalue weighted by atomic mass is 32.2. The number of aromatic nitrogens is 1. The second kappa shape index (κ2) is 44.6. The Bertz CT molecular complexity index is 4800. The number of nitrogens with one attached hydrogen (secondary N) is 10. The van der Waals surface area contributed by atoms with Crippen LogP contribution >= 0.6 is 0 Å². The number of carboxylic acids is 1. The van der Waals surface area contributed by atoms with Gasteiger partial charge in [0.05, 0.1) is 53.8 Å². The summed E-state index contributed by atoms with van der Waals surface area (Å²) in [7, 11) is 7.34. The van der Waals surface area contributed by atoms with E-state index in [-0.39, 0.29) is 66.8 Å². The zero-order valence-electron chi connectivity index (χ0n) is 72.0. The molecule has 14 N–H and O–H groups in total. The number of carbonyl (C=O) groups excluding carboxylic acids is 10. The number of cyclic esters (lactones) is 1. The molecule has 123 heavy (non-hydrogen) atoms. The van der Waals surface area contributed by atoms with Crippen molar-refractivity contribution in [3.63, 3.8) is 0 Å². The molecule has 11 amide bonds. The van der Waals surface area contributed by atoms with Crippen molar-refractivity contribution in [3.05, 3.63) is 137 Å². The average molecular weight is 1730 g/mol. The van der Waals surface area contributed by atoms with Gasteiger partial charge in [0, 0.05) is 143 Å². The van der Waals surface area contributed by atoms with Gasteiger partial charge in [-0.1, -0.05) is 71.0 Å². The van der Waals surface area contributed by atoms with E-state index < -0.39 is 124 Å². The van der Waals surface area contributed by atoms with E-state index in [1.54, 1.807) is 80.1 Å². The van der Waals surface area contributed by atoms with Crippen LogP contribution in [0.2, 0.25) is 0 Å². The van der Waals surface area contributed by atoms with Gasteiger partial charge in [0.2, 0.25) is 35.1 Å². The molecule has 0 bridgehead atoms. The molecule has 38 heteroatoms. The zero-order chi connectivity index (χ0) is 89.4. The lowest BCUT2D eigenvalue weighted by Gasteiger charge is -2.43. The number of aliphatic hydroxyl groups excluding tert-OH is 1. The molecule has 668 valence electrons. The standard InChI is InChI=1S/C85H120N20O17S/c1-12-31-88-82(116)92-58-21-18-23-60(46-58)123(119,120)97-59-22-17-20-55(45-59)67(49-74(109)110)95-84(118)91-57-29-27-56(28-30-57)90-83(117)89-33-36-99(7)38-40-100(8)41-43-102(10)51-72(107)87-32-35-98(6)37-39-101(9)42-44-103(11)52-73(108)93-68(48-71(86)106)79(113)104-34-19-26-69(104)77(111)96-75(54(4)5)80(114)122-85(14-3)65-47-70-76-63(50-105(70)78(112)64(65)53-121-81(85)115)61(13-2)62-24-15-16-25-66(62)94-76/h15-18,20-25,27-30,45-47,54,67-69,75,78,97,112H,12-14,19,26,31-44,48-53H2,1-11H3,(H2,86,106)(H,87,107)(H,93,108)(H,96,111)(H,109,110)(H2,88,92,116)(H2,89,90,117)(H2,91,95,118). The number of likely N-dealkylation sites (tertiary alicyclic amines) is 1. The number of anilines is 4. The minimum atomic E-state index is -4.18. The highest BCUT2D eigenvalue weighted by Crippen LogP contribution is 2.47. The Hall–Kier alpha value is -11.4. The van der Waals surface area contributed by atoms with Gasteiger partial charge >= 0.3 is 36.0 Å². The van der Waals surface area contributed by atoms with Crippen LogP contribution in [0.3, 0.4) is 0 Å². The molecule has 0 spiro atoms. The van der Waals surface area contributed by atoms with Gasteiger partial charge < -0.3 is 103 Å². The number of primary amides is 1. The average Bonchev–Trinajstić information content (AvgIpc) is 1.63. The summed E-state index contributed by atoms with van der Waals surface area (Å²) in [5.41, 5.74) is 9.73. The number of aliphatic hydroxyl groups is 1. The number of ether oxygens (including phenoxy) is 2. The topological polar surface area (TPSA) is 466 Å². The molecular formula is C85H120N20O17S. The number of carboxylic acid groups (broad SMARTS) is 1. The van der Waals surface area contributed by atoms with E-state index in [0.717, 1.165) is 28.6 Å². The van der Waals surface area contributed by atoms with Gasteiger partial charge in [-0.15, -0.1) is 0 Å². The van der Waals surface area contributed by atoms with Crippen molar-refractivity contribution in [2.24, 2.45) is 11.7 Å². The number of fused-ring (bicyclic) bond motifs is 4. The quantitative estimate of drug-likeness (QED) is 0.0248. The first-order chi connectivity index (χ1) is 58.6. The van der Waals surface area contributed by atoms with E-state index in [0.29, 0.717) is 138 Å². The van der Waals surface area contributed by atoms with Crippen molar-refractivity contribution >= 4 is 115 Å². The molecule has 0 saturated carbocycles. The Balaban J connectivity index is 0.618. The lowest BCUT2D eigenvalue weighted by molar-refractivity contribution is -0.183. The Morgan fingerprint density at radius 2 is 1.24 bits per heavy atom. The number of rotatable bonds is 45. The number of aryl methyl sites for hydroxylation is 1. The van der Waals surface area contributed by atoms with Gasteiger partial charge in [-0.05, 0) is 158 Å². The van der Waals surface area contributed by atoms with Gasteiger partial charge in [-0.3, -0.25) is 43.3 Å². The summed E-state index contributed by atoms with van der Waals surface area (Å²) in [5.74, 6) is -6.45. The van der Waals surface area contributed by atoms with Gasteiger partial charge in [0.15, 0.2) is 6.23 Å². The number of hydrogen-bond acceptors (Lipinski definition) is 24. The number of likely N-dealkylation sites (N-methyl/N-ethyl adjacent to an activating group) is 6. The Kier molecular flexibility index (Phi) is 34.6. The zero-order valence-corrected chi connectivity index (χ0v) is 72.8. The van der Waals surface area contributed by atoms with E-state index in [1.807, 2.05) is 71.3 Å². The lowest BCUT2D eigenvalue weighted by Crippen LogP contribution is -2.58. The molecule has 1 saturated heterocycles. The summed E-state index contributed by atoms with van der Waals surface area (Å²) in [6, 6.07) is 19.1. The maximum atomic E-state index is 14.6. The van der Waals surface area contributed by atoms with E-state index in [4.69, 9.17) is 20.2 Å². The fourth-order valence-corrected chi connectivity index (χ4v) is 16.1. The number of sulfonamides is 1. The Morgan fingerprint density at radius 1 is 0.659 bits per heavy atom. The summed E-state index contributed by atoms with van der Waals surface area (Å²) in [6.45, 7) is 17.0. The van der Waals surface area contributed by atoms with Crippen LogP contribution < -0.4 is 58.3 Å². The molecular weight excluding hydrogens is 1610 g/mol. The van der Waals surface area contributed by atoms with Crippen LogP contribution in [-0.2, 0) is 70.8 Å². The van der Waals surface area contributed by atoms with E-state index >= 15 is 0 Å². The lowest BCUT2D eigenvalue weighted by atomic mass is 9.82. The number of nitrogens with two attached hydrogens (primary N) is 1. The van der Waals surface area contributed by atoms with Crippen molar-refractivity contribution < 1.29 is 80.8 Å². The number of benzene rings is 4. The highest BCUT2D eigenvalue weighted by molar-refractivity contribution is 7.92. The molecule has 0 radical (unpaired) electrons. The first kappa shape index (κ1) is 95.4. The monoisotopic (exact) mass is 1720 g/mol. The van der Waals surface area contributed by atoms with Gasteiger partial charge in [0.1, 0.15) is 24.7 Å². The van der Waals surface area contributed by atoms with Gasteiger partial charge in [-0.2, -0.15) is 0 Å². The van der Waals surface area contributed by atoms with Gasteiger partial charge in [-0.25, -0.2) is 37.4 Å². The molecule has 5 aromatic rings. The molecule has 1 fully saturated rings. The fraction of sp³-hybridized carbons (Fsp3) is 0.506. The summed E-state index contributed by atoms with van der Waals surface area (Å²) < 4.78 is 41.2. The van der Waals surface area contributed by atoms with Crippen LogP contribution in [0.1, 0.15) is 102 Å². The number of para-hydroxylation sites is 1. The molecule has 4 aliphatic rings. The van der Waals surface area contributed by atoms with Crippen LogP contribution in [-0.4, -0.2) is 312 Å². The maximum absolute atomic E-state index is 14.6. The van der Waals surface area contributed by atoms with Crippen LogP contribution in [0.15, 0.2) is 119 Å². The van der Waals surface area contributed by atoms with Crippen molar-refractivity contribution in [1.82, 2.24) is 76.1 Å². The number of hydrogen-bond donors (Lipinski definition) is 13. The van der Waals surface area contributed by atoms with E-state index in [9.17, 15) is 71.4 Å². The molecule has 5 heterocycles. The number of pyridine rings is 1. The fourth-order valence-electron chi connectivity index (χ4n) is 15.0. The van der Waals surface area contributed by atoms with Gasteiger partial charge in [0.25, 0.3) is 10.0 Å².